The zero-order valence-electron chi connectivity index (χ0n) is 22.0. The van der Waals surface area contributed by atoms with Gasteiger partial charge in [0.05, 0.1) is 6.04 Å². The smallest absolute Gasteiger partial charge is 0.326 e. The number of primary amides is 1. The number of nitrogens with two attached hydrogens (primary N) is 2. The van der Waals surface area contributed by atoms with E-state index in [-0.39, 0.29) is 31.1 Å². The third kappa shape index (κ3) is 11.4. The van der Waals surface area contributed by atoms with Crippen molar-refractivity contribution in [3.63, 3.8) is 0 Å². The van der Waals surface area contributed by atoms with Crippen molar-refractivity contribution in [3.05, 3.63) is 35.9 Å². The first-order valence-electron chi connectivity index (χ1n) is 12.6. The highest BCUT2D eigenvalue weighted by molar-refractivity contribution is 5.94. The highest BCUT2D eigenvalue weighted by Gasteiger charge is 2.33. The third-order valence-electron chi connectivity index (χ3n) is 6.06. The van der Waals surface area contributed by atoms with Crippen LogP contribution in [0.2, 0.25) is 0 Å². The monoisotopic (exact) mass is 519 g/mol. The van der Waals surface area contributed by atoms with E-state index in [2.05, 4.69) is 16.0 Å². The Labute approximate surface area is 218 Å². The van der Waals surface area contributed by atoms with Crippen molar-refractivity contribution in [2.45, 2.75) is 84.0 Å². The van der Waals surface area contributed by atoms with E-state index < -0.39 is 53.8 Å². The number of rotatable bonds is 16. The number of carboxylic acids is 1. The summed E-state index contributed by atoms with van der Waals surface area (Å²) in [6.07, 6.45) is 0.713. The molecule has 0 aliphatic rings. The first-order chi connectivity index (χ1) is 17.3. The molecule has 0 saturated carbocycles. The molecule has 0 saturated heterocycles. The summed E-state index contributed by atoms with van der Waals surface area (Å²) >= 11 is 0. The second-order valence-electron chi connectivity index (χ2n) is 9.76. The number of hydrogen-bond acceptors (Lipinski definition) is 6. The molecular weight excluding hydrogens is 478 g/mol. The topological polar surface area (TPSA) is 194 Å². The molecule has 0 bridgehead atoms. The summed E-state index contributed by atoms with van der Waals surface area (Å²) in [5.41, 5.74) is 11.9. The van der Waals surface area contributed by atoms with Crippen molar-refractivity contribution in [1.29, 1.82) is 0 Å². The van der Waals surface area contributed by atoms with Crippen LogP contribution in [-0.2, 0) is 30.4 Å². The van der Waals surface area contributed by atoms with Crippen molar-refractivity contribution in [2.75, 3.05) is 0 Å². The molecule has 0 aliphatic heterocycles. The molecule has 1 aromatic carbocycles. The van der Waals surface area contributed by atoms with Gasteiger partial charge in [0.2, 0.25) is 23.6 Å². The van der Waals surface area contributed by atoms with Crippen LogP contribution < -0.4 is 27.4 Å². The zero-order valence-corrected chi connectivity index (χ0v) is 22.0. The second kappa shape index (κ2) is 15.6. The molecule has 0 aliphatic carbocycles. The molecule has 0 spiro atoms. The number of carbonyl (C=O) groups is 5. The summed E-state index contributed by atoms with van der Waals surface area (Å²) in [7, 11) is 0. The normalized spacial score (nSPS) is 15.1. The molecule has 0 radical (unpaired) electrons. The van der Waals surface area contributed by atoms with E-state index in [1.807, 2.05) is 20.8 Å². The van der Waals surface area contributed by atoms with E-state index >= 15 is 0 Å². The van der Waals surface area contributed by atoms with Gasteiger partial charge in [-0.1, -0.05) is 64.4 Å². The van der Waals surface area contributed by atoms with Gasteiger partial charge in [0.1, 0.15) is 18.1 Å². The maximum Gasteiger partial charge on any atom is 0.326 e. The van der Waals surface area contributed by atoms with Crippen LogP contribution >= 0.6 is 0 Å². The third-order valence-corrected chi connectivity index (χ3v) is 6.06. The fourth-order valence-electron chi connectivity index (χ4n) is 3.72. The van der Waals surface area contributed by atoms with E-state index in [9.17, 15) is 29.1 Å². The number of carbonyl (C=O) groups excluding carboxylic acids is 4. The molecule has 1 aromatic rings. The predicted molar refractivity (Wildman–Crippen MR) is 139 cm³/mol. The minimum atomic E-state index is -1.21. The molecule has 0 aromatic heterocycles. The number of carboxylic acid groups (broad SMARTS) is 1. The number of aliphatic carboxylic acids is 1. The number of amides is 4. The van der Waals surface area contributed by atoms with Gasteiger partial charge in [-0.15, -0.1) is 0 Å². The second-order valence-corrected chi connectivity index (χ2v) is 9.76. The largest absolute Gasteiger partial charge is 0.480 e. The highest BCUT2D eigenvalue weighted by Crippen LogP contribution is 2.12. The lowest BCUT2D eigenvalue weighted by Gasteiger charge is -2.28. The number of benzene rings is 1. The molecule has 11 heteroatoms. The Hall–Kier alpha value is -3.47. The Morgan fingerprint density at radius 2 is 1.49 bits per heavy atom. The minimum absolute atomic E-state index is 0.0636. The molecular formula is C26H41N5O6. The molecule has 1 rings (SSSR count). The summed E-state index contributed by atoms with van der Waals surface area (Å²) in [5, 5.41) is 17.4. The fourth-order valence-corrected chi connectivity index (χ4v) is 3.72. The van der Waals surface area contributed by atoms with Crippen LogP contribution in [-0.4, -0.2) is 58.9 Å². The van der Waals surface area contributed by atoms with Gasteiger partial charge in [-0.25, -0.2) is 4.79 Å². The van der Waals surface area contributed by atoms with Crippen molar-refractivity contribution in [1.82, 2.24) is 16.0 Å². The lowest BCUT2D eigenvalue weighted by molar-refractivity contribution is -0.142. The lowest BCUT2D eigenvalue weighted by atomic mass is 9.96. The van der Waals surface area contributed by atoms with Gasteiger partial charge in [0.15, 0.2) is 0 Å². The molecule has 5 unspecified atom stereocenters. The van der Waals surface area contributed by atoms with Crippen molar-refractivity contribution < 1.29 is 29.1 Å². The van der Waals surface area contributed by atoms with Gasteiger partial charge in [-0.2, -0.15) is 0 Å². The fraction of sp³-hybridized carbons (Fsp3) is 0.577. The molecule has 8 N–H and O–H groups in total. The summed E-state index contributed by atoms with van der Waals surface area (Å²) in [6.45, 7) is 7.38. The average molecular weight is 520 g/mol. The van der Waals surface area contributed by atoms with Gasteiger partial charge in [-0.05, 0) is 30.2 Å². The van der Waals surface area contributed by atoms with Crippen LogP contribution in [0.25, 0.3) is 0 Å². The molecule has 5 atom stereocenters. The predicted octanol–water partition coefficient (Wildman–Crippen LogP) is 0.453. The van der Waals surface area contributed by atoms with Crippen LogP contribution in [0.4, 0.5) is 0 Å². The van der Waals surface area contributed by atoms with Crippen molar-refractivity contribution in [3.8, 4) is 0 Å². The molecule has 0 fully saturated rings. The van der Waals surface area contributed by atoms with E-state index in [1.165, 1.54) is 0 Å². The molecule has 206 valence electrons. The standard InChI is InChI=1S/C26H41N5O6/c1-5-16(4)22(25(35)30-20(26(36)37)14-17-9-7-6-8-10-17)31-24(34)19(11-12-21(28)32)29-23(33)18(27)13-15(2)3/h6-10,15-16,18-20,22H,5,11-14,27H2,1-4H3,(H2,28,32)(H,29,33)(H,30,35)(H,31,34)(H,36,37). The van der Waals surface area contributed by atoms with Crippen LogP contribution in [0.1, 0.15) is 58.9 Å². The van der Waals surface area contributed by atoms with Crippen LogP contribution in [0, 0.1) is 11.8 Å². The number of nitrogens with one attached hydrogen (secondary N) is 3. The van der Waals surface area contributed by atoms with Crippen LogP contribution in [0.5, 0.6) is 0 Å². The lowest BCUT2D eigenvalue weighted by Crippen LogP contribution is -2.59. The SMILES string of the molecule is CCC(C)C(NC(=O)C(CCC(N)=O)NC(=O)C(N)CC(C)C)C(=O)NC(Cc1ccccc1)C(=O)O. The van der Waals surface area contributed by atoms with Gasteiger partial charge in [0.25, 0.3) is 0 Å². The maximum atomic E-state index is 13.2. The Morgan fingerprint density at radius 3 is 2.00 bits per heavy atom. The maximum absolute atomic E-state index is 13.2. The van der Waals surface area contributed by atoms with Crippen LogP contribution in [0.3, 0.4) is 0 Å². The van der Waals surface area contributed by atoms with E-state index in [4.69, 9.17) is 11.5 Å². The average Bonchev–Trinajstić information content (AvgIpc) is 2.83. The summed E-state index contributed by atoms with van der Waals surface area (Å²) in [6, 6.07) is 4.56. The van der Waals surface area contributed by atoms with Gasteiger partial charge in [0, 0.05) is 12.8 Å². The van der Waals surface area contributed by atoms with E-state index in [0.717, 1.165) is 5.56 Å². The van der Waals surface area contributed by atoms with Crippen molar-refractivity contribution in [2.24, 2.45) is 23.3 Å². The van der Waals surface area contributed by atoms with Gasteiger partial charge >= 0.3 is 5.97 Å². The molecule has 0 heterocycles. The minimum Gasteiger partial charge on any atom is -0.480 e. The van der Waals surface area contributed by atoms with E-state index in [1.54, 1.807) is 37.3 Å². The number of hydrogen-bond donors (Lipinski definition) is 6. The van der Waals surface area contributed by atoms with Crippen molar-refractivity contribution >= 4 is 29.6 Å². The first kappa shape index (κ1) is 31.6. The Bertz CT molecular complexity index is 923. The Balaban J connectivity index is 3.04. The highest BCUT2D eigenvalue weighted by atomic mass is 16.4. The Morgan fingerprint density at radius 1 is 0.892 bits per heavy atom. The molecule has 4 amide bonds. The Kier molecular flexibility index (Phi) is 13.3. The van der Waals surface area contributed by atoms with E-state index in [0.29, 0.717) is 12.8 Å². The first-order valence-corrected chi connectivity index (χ1v) is 12.6. The van der Waals surface area contributed by atoms with Gasteiger partial charge in [-0.3, -0.25) is 19.2 Å². The molecule has 37 heavy (non-hydrogen) atoms. The summed E-state index contributed by atoms with van der Waals surface area (Å²) < 4.78 is 0. The van der Waals surface area contributed by atoms with Crippen LogP contribution in [0.15, 0.2) is 30.3 Å². The summed E-state index contributed by atoms with van der Waals surface area (Å²) in [4.78, 5) is 62.1. The zero-order chi connectivity index (χ0) is 28.1. The summed E-state index contributed by atoms with van der Waals surface area (Å²) in [5.74, 6) is -3.99. The van der Waals surface area contributed by atoms with Gasteiger partial charge < -0.3 is 32.5 Å². The quantitative estimate of drug-likeness (QED) is 0.182. The molecule has 11 nitrogen and oxygen atoms in total.